The van der Waals surface area contributed by atoms with Gasteiger partial charge in [-0.1, -0.05) is 19.1 Å². The van der Waals surface area contributed by atoms with E-state index in [0.29, 0.717) is 18.8 Å². The van der Waals surface area contributed by atoms with Crippen molar-refractivity contribution in [1.82, 2.24) is 14.1 Å². The van der Waals surface area contributed by atoms with Crippen molar-refractivity contribution in [3.63, 3.8) is 0 Å². The summed E-state index contributed by atoms with van der Waals surface area (Å²) in [6.45, 7) is 2.80. The summed E-state index contributed by atoms with van der Waals surface area (Å²) in [7, 11) is -0.0240. The largest absolute Gasteiger partial charge is 0.497 e. The van der Waals surface area contributed by atoms with Gasteiger partial charge in [0.1, 0.15) is 5.75 Å². The normalized spacial score (nSPS) is 11.8. The third-order valence-corrected chi connectivity index (χ3v) is 5.26. The minimum atomic E-state index is -3.41. The molecular formula is C16H23N3O3S. The summed E-state index contributed by atoms with van der Waals surface area (Å²) < 4.78 is 33.9. The van der Waals surface area contributed by atoms with Crippen LogP contribution in [0.5, 0.6) is 5.75 Å². The van der Waals surface area contributed by atoms with E-state index in [0.717, 1.165) is 17.5 Å². The first-order valence-electron chi connectivity index (χ1n) is 7.53. The number of aryl methyl sites for hydroxylation is 1. The SMILES string of the molecule is CCCN(Cc1cnn(C)c1)S(=O)(=O)Cc1cccc(OC)c1. The Morgan fingerprint density at radius 1 is 1.30 bits per heavy atom. The van der Waals surface area contributed by atoms with Crippen LogP contribution in [0.2, 0.25) is 0 Å². The van der Waals surface area contributed by atoms with E-state index < -0.39 is 10.0 Å². The molecule has 23 heavy (non-hydrogen) atoms. The molecule has 0 bridgehead atoms. The van der Waals surface area contributed by atoms with E-state index in [4.69, 9.17) is 4.74 Å². The van der Waals surface area contributed by atoms with E-state index in [-0.39, 0.29) is 5.75 Å². The summed E-state index contributed by atoms with van der Waals surface area (Å²) >= 11 is 0. The molecule has 2 aromatic rings. The van der Waals surface area contributed by atoms with E-state index in [2.05, 4.69) is 5.10 Å². The summed E-state index contributed by atoms with van der Waals surface area (Å²) in [5.74, 6) is 0.622. The Hall–Kier alpha value is -1.86. The second-order valence-electron chi connectivity index (χ2n) is 5.46. The molecule has 0 spiro atoms. The summed E-state index contributed by atoms with van der Waals surface area (Å²) in [4.78, 5) is 0. The number of hydrogen-bond acceptors (Lipinski definition) is 4. The second kappa shape index (κ2) is 7.61. The van der Waals surface area contributed by atoms with Gasteiger partial charge in [0.15, 0.2) is 0 Å². The summed E-state index contributed by atoms with van der Waals surface area (Å²) in [6, 6.07) is 7.16. The monoisotopic (exact) mass is 337 g/mol. The maximum atomic E-state index is 12.8. The number of hydrogen-bond donors (Lipinski definition) is 0. The molecule has 126 valence electrons. The van der Waals surface area contributed by atoms with E-state index in [9.17, 15) is 8.42 Å². The molecule has 0 unspecified atom stereocenters. The van der Waals surface area contributed by atoms with Gasteiger partial charge >= 0.3 is 0 Å². The molecule has 6 nitrogen and oxygen atoms in total. The van der Waals surface area contributed by atoms with Crippen molar-refractivity contribution in [3.05, 3.63) is 47.8 Å². The highest BCUT2D eigenvalue weighted by Gasteiger charge is 2.22. The van der Waals surface area contributed by atoms with Crippen molar-refractivity contribution < 1.29 is 13.2 Å². The smallest absolute Gasteiger partial charge is 0.218 e. The van der Waals surface area contributed by atoms with Crippen LogP contribution in [0.1, 0.15) is 24.5 Å². The van der Waals surface area contributed by atoms with E-state index >= 15 is 0 Å². The van der Waals surface area contributed by atoms with Gasteiger partial charge in [0, 0.05) is 31.9 Å². The van der Waals surface area contributed by atoms with Crippen LogP contribution >= 0.6 is 0 Å². The topological polar surface area (TPSA) is 64.4 Å². The Labute approximate surface area is 137 Å². The summed E-state index contributed by atoms with van der Waals surface area (Å²) in [6.07, 6.45) is 4.30. The molecule has 0 aliphatic rings. The molecule has 0 amide bonds. The van der Waals surface area contributed by atoms with Crippen LogP contribution in [0.15, 0.2) is 36.7 Å². The van der Waals surface area contributed by atoms with Gasteiger partial charge < -0.3 is 4.74 Å². The van der Waals surface area contributed by atoms with Gasteiger partial charge in [0.2, 0.25) is 10.0 Å². The van der Waals surface area contributed by atoms with Crippen LogP contribution in [0.25, 0.3) is 0 Å². The van der Waals surface area contributed by atoms with Crippen LogP contribution in [0.4, 0.5) is 0 Å². The van der Waals surface area contributed by atoms with Crippen LogP contribution in [-0.2, 0) is 29.4 Å². The van der Waals surface area contributed by atoms with Crippen LogP contribution in [-0.4, -0.2) is 36.2 Å². The maximum absolute atomic E-state index is 12.8. The van der Waals surface area contributed by atoms with Crippen molar-refractivity contribution in [3.8, 4) is 5.75 Å². The van der Waals surface area contributed by atoms with Crippen molar-refractivity contribution in [2.24, 2.45) is 7.05 Å². The molecule has 0 saturated heterocycles. The molecule has 1 aromatic heterocycles. The van der Waals surface area contributed by atoms with E-state index in [1.54, 1.807) is 42.3 Å². The molecule has 0 saturated carbocycles. The molecule has 7 heteroatoms. The predicted octanol–water partition coefficient (Wildman–Crippen LogP) is 2.17. The third kappa shape index (κ3) is 4.80. The standard InChI is InChI=1S/C16H23N3O3S/c1-4-8-19(12-15-10-17-18(2)11-15)23(20,21)13-14-6-5-7-16(9-14)22-3/h5-7,9-11H,4,8,12-13H2,1-3H3. The Bertz CT molecular complexity index is 741. The van der Waals surface area contributed by atoms with Crippen molar-refractivity contribution in [2.75, 3.05) is 13.7 Å². The number of ether oxygens (including phenoxy) is 1. The van der Waals surface area contributed by atoms with Gasteiger partial charge in [-0.15, -0.1) is 0 Å². The Balaban J connectivity index is 2.18. The molecular weight excluding hydrogens is 314 g/mol. The lowest BCUT2D eigenvalue weighted by Gasteiger charge is -2.21. The average molecular weight is 337 g/mol. The van der Waals surface area contributed by atoms with Crippen LogP contribution in [0, 0.1) is 0 Å². The highest BCUT2D eigenvalue weighted by molar-refractivity contribution is 7.88. The molecule has 0 atom stereocenters. The fourth-order valence-electron chi connectivity index (χ4n) is 2.39. The highest BCUT2D eigenvalue weighted by atomic mass is 32.2. The minimum Gasteiger partial charge on any atom is -0.497 e. The lowest BCUT2D eigenvalue weighted by atomic mass is 10.2. The van der Waals surface area contributed by atoms with Crippen molar-refractivity contribution in [1.29, 1.82) is 0 Å². The number of aromatic nitrogens is 2. The van der Waals surface area contributed by atoms with Crippen molar-refractivity contribution >= 4 is 10.0 Å². The Morgan fingerprint density at radius 3 is 2.70 bits per heavy atom. The lowest BCUT2D eigenvalue weighted by Crippen LogP contribution is -2.32. The highest BCUT2D eigenvalue weighted by Crippen LogP contribution is 2.18. The average Bonchev–Trinajstić information content (AvgIpc) is 2.92. The molecule has 0 N–H and O–H groups in total. The van der Waals surface area contributed by atoms with E-state index in [1.807, 2.05) is 20.2 Å². The maximum Gasteiger partial charge on any atom is 0.218 e. The van der Waals surface area contributed by atoms with Gasteiger partial charge in [-0.2, -0.15) is 9.40 Å². The first kappa shape index (κ1) is 17.5. The fraction of sp³-hybridized carbons (Fsp3) is 0.438. The van der Waals surface area contributed by atoms with Gasteiger partial charge in [-0.25, -0.2) is 8.42 Å². The number of sulfonamides is 1. The zero-order valence-corrected chi connectivity index (χ0v) is 14.6. The van der Waals surface area contributed by atoms with E-state index in [1.165, 1.54) is 4.31 Å². The molecule has 0 fully saturated rings. The molecule has 1 aromatic carbocycles. The first-order valence-corrected chi connectivity index (χ1v) is 9.14. The minimum absolute atomic E-state index is 0.0372. The summed E-state index contributed by atoms with van der Waals surface area (Å²) in [5, 5.41) is 4.10. The molecule has 1 heterocycles. The Kier molecular flexibility index (Phi) is 5.79. The third-order valence-electron chi connectivity index (χ3n) is 3.47. The molecule has 2 rings (SSSR count). The van der Waals surface area contributed by atoms with Gasteiger partial charge in [0.25, 0.3) is 0 Å². The second-order valence-corrected chi connectivity index (χ2v) is 7.43. The zero-order chi connectivity index (χ0) is 16.9. The fourth-order valence-corrected chi connectivity index (χ4v) is 3.98. The van der Waals surface area contributed by atoms with Crippen LogP contribution in [0.3, 0.4) is 0 Å². The van der Waals surface area contributed by atoms with Gasteiger partial charge in [-0.3, -0.25) is 4.68 Å². The first-order chi connectivity index (χ1) is 10.9. The Morgan fingerprint density at radius 2 is 2.09 bits per heavy atom. The van der Waals surface area contributed by atoms with Crippen molar-refractivity contribution in [2.45, 2.75) is 25.6 Å². The molecule has 0 radical (unpaired) electrons. The van der Waals surface area contributed by atoms with Gasteiger partial charge in [0.05, 0.1) is 19.1 Å². The zero-order valence-electron chi connectivity index (χ0n) is 13.8. The number of methoxy groups -OCH3 is 1. The quantitative estimate of drug-likeness (QED) is 0.740. The predicted molar refractivity (Wildman–Crippen MR) is 89.5 cm³/mol. The van der Waals surface area contributed by atoms with Gasteiger partial charge in [-0.05, 0) is 24.1 Å². The lowest BCUT2D eigenvalue weighted by molar-refractivity contribution is 0.404. The number of nitrogens with zero attached hydrogens (tertiary/aromatic N) is 3. The molecule has 0 aliphatic heterocycles. The number of rotatable bonds is 8. The van der Waals surface area contributed by atoms with Crippen LogP contribution < -0.4 is 4.74 Å². The molecule has 0 aliphatic carbocycles. The number of benzene rings is 1. The summed E-state index contributed by atoms with van der Waals surface area (Å²) in [5.41, 5.74) is 1.60.